The highest BCUT2D eigenvalue weighted by Gasteiger charge is 2.21. The maximum Gasteiger partial charge on any atom is 0.326 e. The van der Waals surface area contributed by atoms with E-state index in [0.717, 1.165) is 22.0 Å². The quantitative estimate of drug-likeness (QED) is 0.280. The van der Waals surface area contributed by atoms with Gasteiger partial charge >= 0.3 is 5.97 Å². The van der Waals surface area contributed by atoms with Crippen molar-refractivity contribution in [2.45, 2.75) is 37.8 Å². The minimum absolute atomic E-state index is 0.0514. The van der Waals surface area contributed by atoms with Crippen molar-refractivity contribution in [3.05, 3.63) is 85.1 Å². The molecule has 0 radical (unpaired) electrons. The predicted octanol–water partition coefficient (Wildman–Crippen LogP) is 4.72. The average Bonchev–Trinajstić information content (AvgIpc) is 3.25. The van der Waals surface area contributed by atoms with E-state index in [-0.39, 0.29) is 17.4 Å². The van der Waals surface area contributed by atoms with E-state index in [9.17, 15) is 23.1 Å². The van der Waals surface area contributed by atoms with Crippen LogP contribution in [0.2, 0.25) is 0 Å². The fourth-order valence-electron chi connectivity index (χ4n) is 4.16. The van der Waals surface area contributed by atoms with Crippen LogP contribution in [0.3, 0.4) is 0 Å². The summed E-state index contributed by atoms with van der Waals surface area (Å²) in [4.78, 5) is 24.1. The van der Waals surface area contributed by atoms with Crippen molar-refractivity contribution in [3.63, 3.8) is 0 Å². The molecule has 9 heteroatoms. The summed E-state index contributed by atoms with van der Waals surface area (Å²) >= 11 is 0. The maximum absolute atomic E-state index is 13.0. The first-order valence-corrected chi connectivity index (χ1v) is 13.4. The number of aromatic nitrogens is 1. The zero-order valence-electron chi connectivity index (χ0n) is 20.6. The molecule has 0 unspecified atom stereocenters. The maximum atomic E-state index is 13.0. The Hall–Kier alpha value is -4.11. The van der Waals surface area contributed by atoms with Gasteiger partial charge in [0.15, 0.2) is 0 Å². The van der Waals surface area contributed by atoms with E-state index in [2.05, 4.69) is 10.0 Å². The average molecular weight is 520 g/mol. The Bertz CT molecular complexity index is 1510. The minimum atomic E-state index is -3.80. The van der Waals surface area contributed by atoms with Crippen molar-refractivity contribution < 1.29 is 23.1 Å². The first kappa shape index (κ1) is 26.0. The van der Waals surface area contributed by atoms with Crippen molar-refractivity contribution in [3.8, 4) is 11.1 Å². The van der Waals surface area contributed by atoms with E-state index in [0.29, 0.717) is 12.1 Å². The highest BCUT2D eigenvalue weighted by atomic mass is 32.2. The van der Waals surface area contributed by atoms with Crippen molar-refractivity contribution in [2.24, 2.45) is 5.92 Å². The summed E-state index contributed by atoms with van der Waals surface area (Å²) in [6, 6.07) is 22.3. The molecule has 0 saturated heterocycles. The molecule has 0 saturated carbocycles. The Kier molecular flexibility index (Phi) is 7.63. The predicted molar refractivity (Wildman–Crippen MR) is 144 cm³/mol. The van der Waals surface area contributed by atoms with Crippen LogP contribution < -0.4 is 10.0 Å². The highest BCUT2D eigenvalue weighted by molar-refractivity contribution is 7.92. The minimum Gasteiger partial charge on any atom is -0.480 e. The largest absolute Gasteiger partial charge is 0.480 e. The molecule has 0 spiro atoms. The summed E-state index contributed by atoms with van der Waals surface area (Å²) in [5.74, 6) is -1.35. The number of nitrogens with zero attached hydrogens (tertiary/aromatic N) is 1. The lowest BCUT2D eigenvalue weighted by Crippen LogP contribution is -2.43. The molecule has 192 valence electrons. The summed E-state index contributed by atoms with van der Waals surface area (Å²) in [7, 11) is -3.80. The summed E-state index contributed by atoms with van der Waals surface area (Å²) < 4.78 is 30.2. The van der Waals surface area contributed by atoms with Crippen molar-refractivity contribution in [1.29, 1.82) is 0 Å². The molecule has 0 aliphatic heterocycles. The Morgan fingerprint density at radius 2 is 1.59 bits per heavy atom. The second-order valence-electron chi connectivity index (χ2n) is 9.30. The zero-order valence-corrected chi connectivity index (χ0v) is 21.4. The molecule has 0 aliphatic rings. The van der Waals surface area contributed by atoms with Gasteiger partial charge in [0.1, 0.15) is 12.6 Å². The number of anilines is 1. The van der Waals surface area contributed by atoms with Crippen LogP contribution in [0.25, 0.3) is 22.0 Å². The molecule has 0 bridgehead atoms. The molecule has 1 amide bonds. The number of sulfonamides is 1. The van der Waals surface area contributed by atoms with Crippen LogP contribution in [0, 0.1) is 5.92 Å². The Morgan fingerprint density at radius 3 is 2.24 bits per heavy atom. The van der Waals surface area contributed by atoms with Gasteiger partial charge < -0.3 is 15.0 Å². The van der Waals surface area contributed by atoms with Gasteiger partial charge in [-0.15, -0.1) is 0 Å². The van der Waals surface area contributed by atoms with Gasteiger partial charge in [0.25, 0.3) is 10.0 Å². The topological polar surface area (TPSA) is 118 Å². The van der Waals surface area contributed by atoms with Crippen LogP contribution in [-0.4, -0.2) is 36.0 Å². The number of carboxylic acid groups (broad SMARTS) is 1. The van der Waals surface area contributed by atoms with Gasteiger partial charge in [-0.25, -0.2) is 13.2 Å². The Morgan fingerprint density at radius 1 is 0.919 bits per heavy atom. The Balaban J connectivity index is 1.46. The van der Waals surface area contributed by atoms with Crippen LogP contribution in [0.5, 0.6) is 0 Å². The van der Waals surface area contributed by atoms with Crippen molar-refractivity contribution in [2.75, 3.05) is 4.72 Å². The number of rotatable bonds is 10. The van der Waals surface area contributed by atoms with Gasteiger partial charge in [-0.1, -0.05) is 56.3 Å². The molecule has 37 heavy (non-hydrogen) atoms. The standard InChI is InChI=1S/C28H29N3O5S/c1-19(2)16-25(28(33)34)29-27(32)18-31-15-14-22-17-23(10-13-26(22)31)30-37(35,36)24-11-8-21(9-12-24)20-6-4-3-5-7-20/h3-15,17,19,25,30H,16,18H2,1-2H3,(H,29,32)(H,33,34)/t25-/m0/s1. The summed E-state index contributed by atoms with van der Waals surface area (Å²) in [6.45, 7) is 3.74. The van der Waals surface area contributed by atoms with Crippen LogP contribution in [-0.2, 0) is 26.2 Å². The third-order valence-electron chi connectivity index (χ3n) is 5.95. The lowest BCUT2D eigenvalue weighted by Gasteiger charge is -2.17. The number of aliphatic carboxylic acids is 1. The number of amides is 1. The number of carbonyl (C=O) groups is 2. The third kappa shape index (κ3) is 6.37. The van der Waals surface area contributed by atoms with Crippen molar-refractivity contribution in [1.82, 2.24) is 9.88 Å². The lowest BCUT2D eigenvalue weighted by molar-refractivity contribution is -0.142. The molecule has 3 N–H and O–H groups in total. The van der Waals surface area contributed by atoms with E-state index in [1.807, 2.05) is 44.2 Å². The number of benzene rings is 3. The van der Waals surface area contributed by atoms with E-state index >= 15 is 0 Å². The third-order valence-corrected chi connectivity index (χ3v) is 7.35. The van der Waals surface area contributed by atoms with Gasteiger partial charge in [0, 0.05) is 22.8 Å². The number of carboxylic acids is 1. The first-order chi connectivity index (χ1) is 17.6. The SMILES string of the molecule is CC(C)C[C@H](NC(=O)Cn1ccc2cc(NS(=O)(=O)c3ccc(-c4ccccc4)cc3)ccc21)C(=O)O. The van der Waals surface area contributed by atoms with E-state index in [4.69, 9.17) is 0 Å². The summed E-state index contributed by atoms with van der Waals surface area (Å²) in [6.07, 6.45) is 2.05. The zero-order chi connectivity index (χ0) is 26.6. The van der Waals surface area contributed by atoms with Gasteiger partial charge in [0.2, 0.25) is 5.91 Å². The van der Waals surface area contributed by atoms with Gasteiger partial charge in [-0.2, -0.15) is 0 Å². The fourth-order valence-corrected chi connectivity index (χ4v) is 5.21. The molecule has 1 atom stereocenters. The molecule has 1 aromatic heterocycles. The number of carbonyl (C=O) groups excluding carboxylic acids is 1. The number of hydrogen-bond acceptors (Lipinski definition) is 4. The second-order valence-corrected chi connectivity index (χ2v) is 11.0. The number of nitrogens with one attached hydrogen (secondary N) is 2. The molecular formula is C28H29N3O5S. The molecular weight excluding hydrogens is 490 g/mol. The normalized spacial score (nSPS) is 12.4. The molecule has 0 aliphatic carbocycles. The molecule has 3 aromatic carbocycles. The molecule has 4 aromatic rings. The second kappa shape index (κ2) is 10.9. The highest BCUT2D eigenvalue weighted by Crippen LogP contribution is 2.25. The van der Waals surface area contributed by atoms with Crippen LogP contribution >= 0.6 is 0 Å². The number of fused-ring (bicyclic) bond motifs is 1. The monoisotopic (exact) mass is 519 g/mol. The van der Waals surface area contributed by atoms with Gasteiger partial charge in [-0.05, 0) is 59.9 Å². The summed E-state index contributed by atoms with van der Waals surface area (Å²) in [5.41, 5.74) is 3.04. The summed E-state index contributed by atoms with van der Waals surface area (Å²) in [5, 5.41) is 12.7. The van der Waals surface area contributed by atoms with Crippen LogP contribution in [0.1, 0.15) is 20.3 Å². The van der Waals surface area contributed by atoms with Crippen molar-refractivity contribution >= 4 is 38.5 Å². The van der Waals surface area contributed by atoms with Crippen LogP contribution in [0.15, 0.2) is 90.0 Å². The fraction of sp³-hybridized carbons (Fsp3) is 0.214. The van der Waals surface area contributed by atoms with Gasteiger partial charge in [0.05, 0.1) is 4.90 Å². The molecule has 4 rings (SSSR count). The van der Waals surface area contributed by atoms with E-state index in [1.54, 1.807) is 59.3 Å². The van der Waals surface area contributed by atoms with E-state index in [1.165, 1.54) is 0 Å². The number of hydrogen-bond donors (Lipinski definition) is 3. The molecule has 0 fully saturated rings. The lowest BCUT2D eigenvalue weighted by atomic mass is 10.0. The van der Waals surface area contributed by atoms with E-state index < -0.39 is 27.9 Å². The Labute approximate surface area is 216 Å². The molecule has 8 nitrogen and oxygen atoms in total. The molecule has 1 heterocycles. The van der Waals surface area contributed by atoms with Crippen LogP contribution in [0.4, 0.5) is 5.69 Å². The van der Waals surface area contributed by atoms with Gasteiger partial charge in [-0.3, -0.25) is 9.52 Å². The smallest absolute Gasteiger partial charge is 0.326 e. The first-order valence-electron chi connectivity index (χ1n) is 11.9.